The molecule has 1 saturated heterocycles. The summed E-state index contributed by atoms with van der Waals surface area (Å²) in [6, 6.07) is 3.60. The highest BCUT2D eigenvalue weighted by Crippen LogP contribution is 2.39. The quantitative estimate of drug-likeness (QED) is 0.723. The van der Waals surface area contributed by atoms with E-state index < -0.39 is 18.3 Å². The highest BCUT2D eigenvalue weighted by molar-refractivity contribution is 8.13. The van der Waals surface area contributed by atoms with Crippen LogP contribution < -0.4 is 0 Å². The smallest absolute Gasteiger partial charge is 0.400 e. The van der Waals surface area contributed by atoms with Crippen molar-refractivity contribution in [1.29, 1.82) is 0 Å². The first kappa shape index (κ1) is 20.2. The lowest BCUT2D eigenvalue weighted by Gasteiger charge is -2.32. The van der Waals surface area contributed by atoms with Crippen LogP contribution in [0.2, 0.25) is 0 Å². The molecule has 136 valence electrons. The second kappa shape index (κ2) is 7.26. The van der Waals surface area contributed by atoms with E-state index in [4.69, 9.17) is 9.31 Å². The average molecular weight is 364 g/mol. The molecule has 0 radical (unpaired) electrons. The van der Waals surface area contributed by atoms with Crippen LogP contribution in [0, 0.1) is 19.7 Å². The third-order valence-corrected chi connectivity index (χ3v) is 5.69. The van der Waals surface area contributed by atoms with Crippen LogP contribution >= 0.6 is 11.8 Å². The Bertz CT molecular complexity index is 674. The molecule has 0 amide bonds. The summed E-state index contributed by atoms with van der Waals surface area (Å²) in [6.45, 7) is 13.0. The second-order valence-corrected chi connectivity index (χ2v) is 8.71. The first-order valence-electron chi connectivity index (χ1n) is 8.39. The van der Waals surface area contributed by atoms with Crippen molar-refractivity contribution in [2.75, 3.05) is 5.75 Å². The van der Waals surface area contributed by atoms with Gasteiger partial charge in [0.05, 0.1) is 11.2 Å². The number of rotatable bonds is 4. The Morgan fingerprint density at radius 1 is 1.16 bits per heavy atom. The van der Waals surface area contributed by atoms with Gasteiger partial charge in [0, 0.05) is 12.7 Å². The molecule has 1 fully saturated rings. The van der Waals surface area contributed by atoms with Crippen LogP contribution in [0.3, 0.4) is 0 Å². The molecule has 0 atom stereocenters. The van der Waals surface area contributed by atoms with E-state index in [-0.39, 0.29) is 10.9 Å². The minimum absolute atomic E-state index is 0.0360. The number of halogens is 1. The molecule has 0 saturated carbocycles. The molecule has 0 N–H and O–H groups in total. The van der Waals surface area contributed by atoms with Gasteiger partial charge in [-0.2, -0.15) is 0 Å². The largest absolute Gasteiger partial charge is 0.491 e. The van der Waals surface area contributed by atoms with Crippen LogP contribution in [0.1, 0.15) is 51.3 Å². The summed E-state index contributed by atoms with van der Waals surface area (Å²) in [5, 5.41) is 0.0360. The summed E-state index contributed by atoms with van der Waals surface area (Å²) in [6.07, 6.45) is 1.94. The van der Waals surface area contributed by atoms with Gasteiger partial charge in [0.15, 0.2) is 5.12 Å². The van der Waals surface area contributed by atoms with E-state index in [2.05, 4.69) is 0 Å². The normalized spacial score (nSPS) is 19.4. The predicted molar refractivity (Wildman–Crippen MR) is 103 cm³/mol. The van der Waals surface area contributed by atoms with Gasteiger partial charge in [-0.25, -0.2) is 4.39 Å². The standard InChI is InChI=1S/C19H26BFO3S/c1-12-8-15(9-13(2)17(12)21)10-16(11-25-14(3)22)20-23-18(4,5)19(6,7)24-20/h8-10H,11H2,1-7H3. The van der Waals surface area contributed by atoms with Crippen LogP contribution in [0.4, 0.5) is 4.39 Å². The van der Waals surface area contributed by atoms with Gasteiger partial charge >= 0.3 is 7.12 Å². The number of aryl methyl sites for hydroxylation is 2. The summed E-state index contributed by atoms with van der Waals surface area (Å²) >= 11 is 1.22. The average Bonchev–Trinajstić information content (AvgIpc) is 2.68. The van der Waals surface area contributed by atoms with E-state index in [1.807, 2.05) is 33.8 Å². The maximum Gasteiger partial charge on any atom is 0.491 e. The fourth-order valence-corrected chi connectivity index (χ4v) is 3.22. The van der Waals surface area contributed by atoms with Gasteiger partial charge in [-0.05, 0) is 75.8 Å². The Balaban J connectivity index is 2.38. The monoisotopic (exact) mass is 364 g/mol. The van der Waals surface area contributed by atoms with Gasteiger partial charge in [0.2, 0.25) is 0 Å². The minimum atomic E-state index is -0.525. The Hall–Kier alpha value is -1.11. The van der Waals surface area contributed by atoms with Crippen molar-refractivity contribution < 1.29 is 18.5 Å². The lowest BCUT2D eigenvalue weighted by Crippen LogP contribution is -2.41. The Kier molecular flexibility index (Phi) is 5.86. The van der Waals surface area contributed by atoms with Gasteiger partial charge in [-0.1, -0.05) is 17.8 Å². The van der Waals surface area contributed by atoms with Crippen molar-refractivity contribution in [3.63, 3.8) is 0 Å². The van der Waals surface area contributed by atoms with Crippen molar-refractivity contribution in [1.82, 2.24) is 0 Å². The molecule has 0 unspecified atom stereocenters. The number of thioether (sulfide) groups is 1. The zero-order chi connectivity index (χ0) is 19.0. The topological polar surface area (TPSA) is 35.5 Å². The molecule has 25 heavy (non-hydrogen) atoms. The third-order valence-electron chi connectivity index (χ3n) is 4.81. The number of carbonyl (C=O) groups excluding carboxylic acids is 1. The molecule has 1 aromatic rings. The van der Waals surface area contributed by atoms with Crippen LogP contribution in [-0.4, -0.2) is 29.2 Å². The van der Waals surface area contributed by atoms with Crippen molar-refractivity contribution in [2.45, 2.75) is 59.7 Å². The Morgan fingerprint density at radius 2 is 1.64 bits per heavy atom. The molecule has 3 nitrogen and oxygen atoms in total. The second-order valence-electron chi connectivity index (χ2n) is 7.56. The summed E-state index contributed by atoms with van der Waals surface area (Å²) < 4.78 is 26.1. The first-order valence-corrected chi connectivity index (χ1v) is 9.38. The van der Waals surface area contributed by atoms with Crippen molar-refractivity contribution in [3.05, 3.63) is 40.1 Å². The molecule has 0 aromatic heterocycles. The molecule has 1 aliphatic rings. The van der Waals surface area contributed by atoms with Crippen LogP contribution in [0.25, 0.3) is 6.08 Å². The molecule has 0 aliphatic carbocycles. The van der Waals surface area contributed by atoms with Gasteiger partial charge in [0.1, 0.15) is 5.82 Å². The van der Waals surface area contributed by atoms with E-state index in [1.165, 1.54) is 11.8 Å². The lowest BCUT2D eigenvalue weighted by molar-refractivity contribution is -0.109. The number of hydrogen-bond acceptors (Lipinski definition) is 4. The summed E-state index contributed by atoms with van der Waals surface area (Å²) in [5.41, 5.74) is 2.03. The van der Waals surface area contributed by atoms with Gasteiger partial charge < -0.3 is 9.31 Å². The molecule has 2 rings (SSSR count). The predicted octanol–water partition coefficient (Wildman–Crippen LogP) is 4.74. The lowest BCUT2D eigenvalue weighted by atomic mass is 9.78. The van der Waals surface area contributed by atoms with Crippen LogP contribution in [0.5, 0.6) is 0 Å². The molecular formula is C19H26BFO3S. The number of carbonyl (C=O) groups is 1. The third kappa shape index (κ3) is 4.55. The fourth-order valence-electron chi connectivity index (χ4n) is 2.63. The van der Waals surface area contributed by atoms with Crippen molar-refractivity contribution in [2.24, 2.45) is 0 Å². The van der Waals surface area contributed by atoms with Crippen molar-refractivity contribution >= 4 is 30.1 Å². The summed E-state index contributed by atoms with van der Waals surface area (Å²) in [5.74, 6) is 0.286. The van der Waals surface area contributed by atoms with Crippen LogP contribution in [0.15, 0.2) is 17.6 Å². The highest BCUT2D eigenvalue weighted by Gasteiger charge is 2.52. The molecule has 6 heteroatoms. The molecule has 1 heterocycles. The highest BCUT2D eigenvalue weighted by atomic mass is 32.2. The minimum Gasteiger partial charge on any atom is -0.400 e. The molecule has 0 spiro atoms. The molecule has 1 aliphatic heterocycles. The number of benzene rings is 1. The zero-order valence-corrected chi connectivity index (χ0v) is 16.8. The maximum absolute atomic E-state index is 13.9. The first-order chi connectivity index (χ1) is 11.4. The summed E-state index contributed by atoms with van der Waals surface area (Å²) in [4.78, 5) is 11.4. The van der Waals surface area contributed by atoms with Gasteiger partial charge in [-0.15, -0.1) is 0 Å². The Morgan fingerprint density at radius 3 is 2.08 bits per heavy atom. The van der Waals surface area contributed by atoms with E-state index in [0.717, 1.165) is 11.0 Å². The summed E-state index contributed by atoms with van der Waals surface area (Å²) in [7, 11) is -0.525. The SMILES string of the molecule is CC(=O)SCC(=Cc1cc(C)c(F)c(C)c1)B1OC(C)(C)C(C)(C)O1. The fraction of sp³-hybridized carbons (Fsp3) is 0.526. The van der Waals surface area contributed by atoms with E-state index >= 15 is 0 Å². The maximum atomic E-state index is 13.9. The molecule has 0 bridgehead atoms. The van der Waals surface area contributed by atoms with Gasteiger partial charge in [-0.3, -0.25) is 4.79 Å². The van der Waals surface area contributed by atoms with Crippen molar-refractivity contribution in [3.8, 4) is 0 Å². The van der Waals surface area contributed by atoms with E-state index in [9.17, 15) is 9.18 Å². The van der Waals surface area contributed by atoms with E-state index in [0.29, 0.717) is 16.9 Å². The van der Waals surface area contributed by atoms with E-state index in [1.54, 1.807) is 32.9 Å². The number of hydrogen-bond donors (Lipinski definition) is 0. The molecule has 1 aromatic carbocycles. The Labute approximate surface area is 154 Å². The molecular weight excluding hydrogens is 338 g/mol. The van der Waals surface area contributed by atoms with Crippen LogP contribution in [-0.2, 0) is 14.1 Å². The zero-order valence-electron chi connectivity index (χ0n) is 16.0. The van der Waals surface area contributed by atoms with Gasteiger partial charge in [0.25, 0.3) is 0 Å².